The molecule has 0 radical (unpaired) electrons. The number of carbonyl (C=O) groups excluding carboxylic acids is 2. The minimum atomic E-state index is -0.140. The first-order valence-corrected chi connectivity index (χ1v) is 14.4. The number of methoxy groups -OCH3 is 1. The Morgan fingerprint density at radius 3 is 2.56 bits per heavy atom. The smallest absolute Gasteiger partial charge is 0.257 e. The van der Waals surface area contributed by atoms with E-state index in [0.29, 0.717) is 36.6 Å². The standard InChI is InChI=1S/C33H42N4O4/c1-6-9-32(38)35-27-15-16-28-30(18-27)41-22-24(3)37(19-23(2)31(40-5)21-36(4)33(28)39)20-25-11-13-26(14-12-25)29-10-7-8-17-34-29/h7-8,10-18,23-24,31H,6,9,19-22H2,1-5H3,(H,35,38)/t23-,24-,31+/m1/s1. The predicted molar refractivity (Wildman–Crippen MR) is 162 cm³/mol. The van der Waals surface area contributed by atoms with Crippen molar-refractivity contribution in [2.45, 2.75) is 52.3 Å². The fourth-order valence-electron chi connectivity index (χ4n) is 5.14. The number of nitrogens with one attached hydrogen (secondary N) is 1. The highest BCUT2D eigenvalue weighted by Gasteiger charge is 2.28. The molecule has 2 aromatic carbocycles. The maximum absolute atomic E-state index is 13.5. The Labute approximate surface area is 243 Å². The van der Waals surface area contributed by atoms with Gasteiger partial charge in [-0.15, -0.1) is 0 Å². The van der Waals surface area contributed by atoms with E-state index in [-0.39, 0.29) is 29.9 Å². The summed E-state index contributed by atoms with van der Waals surface area (Å²) in [5.74, 6) is 0.430. The van der Waals surface area contributed by atoms with Crippen LogP contribution in [-0.2, 0) is 16.1 Å². The Kier molecular flexibility index (Phi) is 10.5. The first-order valence-electron chi connectivity index (χ1n) is 14.4. The van der Waals surface area contributed by atoms with E-state index >= 15 is 0 Å². The van der Waals surface area contributed by atoms with Crippen molar-refractivity contribution in [2.75, 3.05) is 39.2 Å². The third-order valence-electron chi connectivity index (χ3n) is 7.64. The Morgan fingerprint density at radius 1 is 1.10 bits per heavy atom. The molecule has 1 N–H and O–H groups in total. The molecule has 0 unspecified atom stereocenters. The lowest BCUT2D eigenvalue weighted by Gasteiger charge is -2.36. The highest BCUT2D eigenvalue weighted by Crippen LogP contribution is 2.27. The molecule has 3 atom stereocenters. The third-order valence-corrected chi connectivity index (χ3v) is 7.64. The number of carbonyl (C=O) groups is 2. The lowest BCUT2D eigenvalue weighted by atomic mass is 10.0. The third kappa shape index (κ3) is 7.93. The number of hydrogen-bond donors (Lipinski definition) is 1. The summed E-state index contributed by atoms with van der Waals surface area (Å²) in [6.45, 7) is 8.62. The fourth-order valence-corrected chi connectivity index (χ4v) is 5.14. The quantitative estimate of drug-likeness (QED) is 0.413. The van der Waals surface area contributed by atoms with E-state index in [4.69, 9.17) is 9.47 Å². The summed E-state index contributed by atoms with van der Waals surface area (Å²) in [6, 6.07) is 19.7. The number of likely N-dealkylation sites (N-methyl/N-ethyl adjacent to an activating group) is 1. The molecule has 218 valence electrons. The van der Waals surface area contributed by atoms with Gasteiger partial charge in [-0.3, -0.25) is 19.5 Å². The molecule has 0 saturated carbocycles. The van der Waals surface area contributed by atoms with Crippen LogP contribution in [0.5, 0.6) is 5.75 Å². The summed E-state index contributed by atoms with van der Waals surface area (Å²) in [5, 5.41) is 2.92. The molecular weight excluding hydrogens is 516 g/mol. The molecule has 8 nitrogen and oxygen atoms in total. The van der Waals surface area contributed by atoms with E-state index in [1.54, 1.807) is 43.5 Å². The van der Waals surface area contributed by atoms with Crippen molar-refractivity contribution in [2.24, 2.45) is 5.92 Å². The van der Waals surface area contributed by atoms with Gasteiger partial charge in [0.05, 0.1) is 17.4 Å². The number of amides is 2. The van der Waals surface area contributed by atoms with Crippen LogP contribution in [0.25, 0.3) is 11.3 Å². The van der Waals surface area contributed by atoms with Crippen LogP contribution < -0.4 is 10.1 Å². The summed E-state index contributed by atoms with van der Waals surface area (Å²) in [5.41, 5.74) is 4.31. The van der Waals surface area contributed by atoms with Crippen LogP contribution in [0.2, 0.25) is 0 Å². The molecule has 1 aliphatic heterocycles. The maximum atomic E-state index is 13.5. The minimum absolute atomic E-state index is 0.0452. The highest BCUT2D eigenvalue weighted by molar-refractivity contribution is 5.98. The number of hydrogen-bond acceptors (Lipinski definition) is 6. The Hall–Kier alpha value is -3.75. The molecule has 4 rings (SSSR count). The van der Waals surface area contributed by atoms with Gasteiger partial charge in [-0.25, -0.2) is 0 Å². The molecule has 2 heterocycles. The molecule has 1 aromatic heterocycles. The van der Waals surface area contributed by atoms with Crippen molar-refractivity contribution in [3.05, 3.63) is 78.0 Å². The number of rotatable bonds is 7. The molecule has 2 amide bonds. The van der Waals surface area contributed by atoms with Crippen molar-refractivity contribution in [3.63, 3.8) is 0 Å². The number of anilines is 1. The van der Waals surface area contributed by atoms with Crippen LogP contribution >= 0.6 is 0 Å². The topological polar surface area (TPSA) is 84.0 Å². The van der Waals surface area contributed by atoms with Crippen molar-refractivity contribution in [1.82, 2.24) is 14.8 Å². The Balaban J connectivity index is 1.59. The van der Waals surface area contributed by atoms with Gasteiger partial charge in [0, 0.05) is 69.8 Å². The summed E-state index contributed by atoms with van der Waals surface area (Å²) < 4.78 is 12.2. The maximum Gasteiger partial charge on any atom is 0.257 e. The highest BCUT2D eigenvalue weighted by atomic mass is 16.5. The van der Waals surface area contributed by atoms with Gasteiger partial charge < -0.3 is 19.7 Å². The molecule has 0 bridgehead atoms. The summed E-state index contributed by atoms with van der Waals surface area (Å²) in [6.07, 6.45) is 2.86. The zero-order valence-electron chi connectivity index (χ0n) is 24.8. The number of aromatic nitrogens is 1. The van der Waals surface area contributed by atoms with Crippen LogP contribution in [0.15, 0.2) is 66.9 Å². The van der Waals surface area contributed by atoms with Crippen molar-refractivity contribution >= 4 is 17.5 Å². The molecule has 0 saturated heterocycles. The van der Waals surface area contributed by atoms with Crippen molar-refractivity contribution in [1.29, 1.82) is 0 Å². The molecule has 0 aliphatic carbocycles. The monoisotopic (exact) mass is 558 g/mol. The van der Waals surface area contributed by atoms with Gasteiger partial charge in [0.1, 0.15) is 12.4 Å². The lowest BCUT2D eigenvalue weighted by Crippen LogP contribution is -2.46. The second-order valence-electron chi connectivity index (χ2n) is 10.9. The molecule has 0 spiro atoms. The van der Waals surface area contributed by atoms with Gasteiger partial charge in [-0.1, -0.05) is 44.2 Å². The van der Waals surface area contributed by atoms with E-state index in [2.05, 4.69) is 53.3 Å². The van der Waals surface area contributed by atoms with E-state index in [1.807, 2.05) is 25.1 Å². The summed E-state index contributed by atoms with van der Waals surface area (Å²) >= 11 is 0. The average molecular weight is 559 g/mol. The number of fused-ring (bicyclic) bond motifs is 1. The van der Waals surface area contributed by atoms with E-state index in [1.165, 1.54) is 5.56 Å². The number of pyridine rings is 1. The van der Waals surface area contributed by atoms with Crippen LogP contribution in [0.3, 0.4) is 0 Å². The lowest BCUT2D eigenvalue weighted by molar-refractivity contribution is -0.116. The number of nitrogens with zero attached hydrogens (tertiary/aromatic N) is 3. The van der Waals surface area contributed by atoms with Crippen LogP contribution in [0.1, 0.15) is 49.5 Å². The predicted octanol–water partition coefficient (Wildman–Crippen LogP) is 5.49. The average Bonchev–Trinajstić information content (AvgIpc) is 2.98. The van der Waals surface area contributed by atoms with Gasteiger partial charge in [-0.05, 0) is 49.1 Å². The van der Waals surface area contributed by atoms with E-state index in [0.717, 1.165) is 30.8 Å². The van der Waals surface area contributed by atoms with Gasteiger partial charge in [0.2, 0.25) is 5.91 Å². The fraction of sp³-hybridized carbons (Fsp3) is 0.424. The second-order valence-corrected chi connectivity index (χ2v) is 10.9. The molecule has 1 aliphatic rings. The summed E-state index contributed by atoms with van der Waals surface area (Å²) in [7, 11) is 3.49. The Bertz CT molecular complexity index is 1300. The molecule has 3 aromatic rings. The Morgan fingerprint density at radius 2 is 1.88 bits per heavy atom. The number of ether oxygens (including phenoxy) is 2. The molecule has 41 heavy (non-hydrogen) atoms. The minimum Gasteiger partial charge on any atom is -0.491 e. The molecule has 0 fully saturated rings. The largest absolute Gasteiger partial charge is 0.491 e. The SMILES string of the molecule is CCCC(=O)Nc1ccc2c(c1)OC[C@@H](C)N(Cc1ccc(-c3ccccn3)cc1)C[C@@H](C)[C@@H](OC)CN(C)C2=O. The first kappa shape index (κ1) is 30.2. The van der Waals surface area contributed by atoms with E-state index < -0.39 is 0 Å². The van der Waals surface area contributed by atoms with Gasteiger partial charge in [-0.2, -0.15) is 0 Å². The van der Waals surface area contributed by atoms with Crippen LogP contribution in [-0.4, -0.2) is 72.6 Å². The second kappa shape index (κ2) is 14.2. The molecular formula is C33H42N4O4. The van der Waals surface area contributed by atoms with Gasteiger partial charge in [0.15, 0.2) is 0 Å². The van der Waals surface area contributed by atoms with Gasteiger partial charge >= 0.3 is 0 Å². The van der Waals surface area contributed by atoms with Crippen molar-refractivity contribution < 1.29 is 19.1 Å². The van der Waals surface area contributed by atoms with E-state index in [9.17, 15) is 9.59 Å². The van der Waals surface area contributed by atoms with Crippen molar-refractivity contribution in [3.8, 4) is 17.0 Å². The first-order chi connectivity index (χ1) is 19.8. The molecule has 8 heteroatoms. The number of benzene rings is 2. The van der Waals surface area contributed by atoms with Gasteiger partial charge in [0.25, 0.3) is 5.91 Å². The normalized spacial score (nSPS) is 20.4. The zero-order chi connectivity index (χ0) is 29.4. The van der Waals surface area contributed by atoms with Crippen LogP contribution in [0, 0.1) is 5.92 Å². The zero-order valence-corrected chi connectivity index (χ0v) is 24.8. The van der Waals surface area contributed by atoms with Crippen LogP contribution in [0.4, 0.5) is 5.69 Å². The summed E-state index contributed by atoms with van der Waals surface area (Å²) in [4.78, 5) is 34.2.